The quantitative estimate of drug-likeness (QED) is 0.605. The van der Waals surface area contributed by atoms with E-state index in [9.17, 15) is 4.79 Å². The molecule has 0 bridgehead atoms. The number of rotatable bonds is 3. The van der Waals surface area contributed by atoms with Crippen LogP contribution in [0.3, 0.4) is 0 Å². The van der Waals surface area contributed by atoms with Crippen LogP contribution in [0.5, 0.6) is 0 Å². The summed E-state index contributed by atoms with van der Waals surface area (Å²) < 4.78 is 0. The highest BCUT2D eigenvalue weighted by Crippen LogP contribution is 2.10. The van der Waals surface area contributed by atoms with Gasteiger partial charge in [-0.25, -0.2) is 0 Å². The van der Waals surface area contributed by atoms with Crippen LogP contribution >= 0.6 is 11.8 Å². The molecule has 9 heavy (non-hydrogen) atoms. The number of nitrogens with two attached hydrogens (primary N) is 1. The minimum absolute atomic E-state index is 0.329. The number of amides is 1. The predicted molar refractivity (Wildman–Crippen MR) is 41.1 cm³/mol. The summed E-state index contributed by atoms with van der Waals surface area (Å²) in [7, 11) is 0. The molecular weight excluding hydrogens is 134 g/mol. The molecule has 0 heterocycles. The van der Waals surface area contributed by atoms with Gasteiger partial charge >= 0.3 is 0 Å². The lowest BCUT2D eigenvalue weighted by Crippen LogP contribution is -2.11. The van der Waals surface area contributed by atoms with Gasteiger partial charge < -0.3 is 5.73 Å². The van der Waals surface area contributed by atoms with Crippen LogP contribution in [0.1, 0.15) is 13.3 Å². The number of hydrogen-bond donors (Lipinski definition) is 1. The van der Waals surface area contributed by atoms with E-state index in [0.717, 1.165) is 6.42 Å². The maximum atomic E-state index is 10.5. The van der Waals surface area contributed by atoms with E-state index >= 15 is 0 Å². The molecule has 0 aromatic heterocycles. The molecule has 0 aliphatic carbocycles. The molecule has 0 aromatic rings. The van der Waals surface area contributed by atoms with Crippen molar-refractivity contribution < 1.29 is 4.79 Å². The van der Waals surface area contributed by atoms with Crippen molar-refractivity contribution in [2.75, 3.05) is 6.26 Å². The highest BCUT2D eigenvalue weighted by Gasteiger charge is 1.98. The largest absolute Gasteiger partial charge is 0.365 e. The number of primary amides is 1. The Balaban J connectivity index is 3.98. The normalized spacial score (nSPS) is 11.6. The van der Waals surface area contributed by atoms with Crippen molar-refractivity contribution in [3.63, 3.8) is 0 Å². The Morgan fingerprint density at radius 1 is 1.78 bits per heavy atom. The van der Waals surface area contributed by atoms with Crippen molar-refractivity contribution in [3.05, 3.63) is 11.0 Å². The van der Waals surface area contributed by atoms with E-state index in [1.807, 2.05) is 19.3 Å². The summed E-state index contributed by atoms with van der Waals surface area (Å²) in [6.45, 7) is 1.97. The summed E-state index contributed by atoms with van der Waals surface area (Å²) in [6.07, 6.45) is 4.53. The van der Waals surface area contributed by atoms with E-state index in [-0.39, 0.29) is 5.91 Å². The molecule has 52 valence electrons. The Bertz CT molecular complexity index is 131. The van der Waals surface area contributed by atoms with Gasteiger partial charge in [-0.15, -0.1) is 11.8 Å². The van der Waals surface area contributed by atoms with Gasteiger partial charge in [0.1, 0.15) is 0 Å². The fourth-order valence-electron chi connectivity index (χ4n) is 0.470. The molecule has 0 aromatic carbocycles. The molecule has 0 atom stereocenters. The monoisotopic (exact) mass is 145 g/mol. The summed E-state index contributed by atoms with van der Waals surface area (Å²) in [4.78, 5) is 11.1. The van der Waals surface area contributed by atoms with Gasteiger partial charge in [-0.1, -0.05) is 13.0 Å². The van der Waals surface area contributed by atoms with Crippen LogP contribution in [-0.2, 0) is 4.79 Å². The van der Waals surface area contributed by atoms with Crippen molar-refractivity contribution in [1.82, 2.24) is 0 Å². The van der Waals surface area contributed by atoms with Crippen molar-refractivity contribution in [3.8, 4) is 0 Å². The zero-order valence-electron chi connectivity index (χ0n) is 5.68. The van der Waals surface area contributed by atoms with Crippen LogP contribution in [0, 0.1) is 0 Å². The average molecular weight is 145 g/mol. The topological polar surface area (TPSA) is 43.1 Å². The van der Waals surface area contributed by atoms with Crippen LogP contribution in [0.25, 0.3) is 0 Å². The molecular formula is C6H11NOS. The second-order valence-corrected chi connectivity index (χ2v) is 2.39. The molecule has 0 saturated heterocycles. The lowest BCUT2D eigenvalue weighted by molar-refractivity contribution is -0.113. The first-order chi connectivity index (χ1) is 4.22. The second-order valence-electron chi connectivity index (χ2n) is 1.54. The van der Waals surface area contributed by atoms with E-state index in [2.05, 4.69) is 0 Å². The van der Waals surface area contributed by atoms with Gasteiger partial charge in [0.15, 0.2) is 0 Å². The van der Waals surface area contributed by atoms with E-state index in [4.69, 9.17) is 5.73 Å². The third-order valence-corrected chi connectivity index (χ3v) is 1.66. The van der Waals surface area contributed by atoms with Crippen LogP contribution in [0.15, 0.2) is 11.0 Å². The Hall–Kier alpha value is -0.440. The highest BCUT2D eigenvalue weighted by molar-refractivity contribution is 8.03. The molecule has 0 rings (SSSR count). The molecule has 0 fully saturated rings. The molecule has 2 nitrogen and oxygen atoms in total. The van der Waals surface area contributed by atoms with Crippen molar-refractivity contribution in [2.45, 2.75) is 13.3 Å². The highest BCUT2D eigenvalue weighted by atomic mass is 32.2. The molecule has 0 spiro atoms. The summed E-state index contributed by atoms with van der Waals surface area (Å²) >= 11 is 1.39. The summed E-state index contributed by atoms with van der Waals surface area (Å²) in [6, 6.07) is 0. The lowest BCUT2D eigenvalue weighted by atomic mass is 10.4. The molecule has 0 aliphatic rings. The average Bonchev–Trinajstić information content (AvgIpc) is 1.82. The SMILES string of the molecule is CC/C=C(/SC)C(N)=O. The van der Waals surface area contributed by atoms with Crippen molar-refractivity contribution >= 4 is 17.7 Å². The Morgan fingerprint density at radius 2 is 2.33 bits per heavy atom. The minimum Gasteiger partial charge on any atom is -0.365 e. The predicted octanol–water partition coefficient (Wildman–Crippen LogP) is 1.13. The number of carbonyl (C=O) groups excluding carboxylic acids is 1. The van der Waals surface area contributed by atoms with Crippen LogP contribution in [0.4, 0.5) is 0 Å². The molecule has 0 unspecified atom stereocenters. The fourth-order valence-corrected chi connectivity index (χ4v) is 1.00. The van der Waals surface area contributed by atoms with Gasteiger partial charge in [-0.05, 0) is 12.7 Å². The number of thioether (sulfide) groups is 1. The van der Waals surface area contributed by atoms with Gasteiger partial charge in [-0.3, -0.25) is 4.79 Å². The van der Waals surface area contributed by atoms with Crippen LogP contribution < -0.4 is 5.73 Å². The Morgan fingerprint density at radius 3 is 2.44 bits per heavy atom. The minimum atomic E-state index is -0.329. The fraction of sp³-hybridized carbons (Fsp3) is 0.500. The Kier molecular flexibility index (Phi) is 4.22. The summed E-state index contributed by atoms with van der Waals surface area (Å²) in [5.74, 6) is -0.329. The zero-order valence-corrected chi connectivity index (χ0v) is 6.49. The van der Waals surface area contributed by atoms with Crippen LogP contribution in [-0.4, -0.2) is 12.2 Å². The summed E-state index contributed by atoms with van der Waals surface area (Å²) in [5, 5.41) is 0. The summed E-state index contributed by atoms with van der Waals surface area (Å²) in [5.41, 5.74) is 5.01. The molecule has 0 radical (unpaired) electrons. The van der Waals surface area contributed by atoms with E-state index in [0.29, 0.717) is 4.91 Å². The van der Waals surface area contributed by atoms with Gasteiger partial charge in [0.25, 0.3) is 5.91 Å². The lowest BCUT2D eigenvalue weighted by Gasteiger charge is -1.94. The molecule has 3 heteroatoms. The number of hydrogen-bond acceptors (Lipinski definition) is 2. The second kappa shape index (κ2) is 4.44. The molecule has 1 amide bonds. The molecule has 2 N–H and O–H groups in total. The van der Waals surface area contributed by atoms with E-state index < -0.39 is 0 Å². The maximum Gasteiger partial charge on any atom is 0.254 e. The van der Waals surface area contributed by atoms with E-state index in [1.165, 1.54) is 11.8 Å². The molecule has 0 saturated carbocycles. The first kappa shape index (κ1) is 8.56. The smallest absolute Gasteiger partial charge is 0.254 e. The van der Waals surface area contributed by atoms with Gasteiger partial charge in [0, 0.05) is 0 Å². The van der Waals surface area contributed by atoms with Gasteiger partial charge in [0.2, 0.25) is 0 Å². The third-order valence-electron chi connectivity index (χ3n) is 0.852. The van der Waals surface area contributed by atoms with Gasteiger partial charge in [-0.2, -0.15) is 0 Å². The van der Waals surface area contributed by atoms with Crippen LogP contribution in [0.2, 0.25) is 0 Å². The third kappa shape index (κ3) is 3.19. The first-order valence-corrected chi connectivity index (χ1v) is 3.98. The number of carbonyl (C=O) groups is 1. The maximum absolute atomic E-state index is 10.5. The Labute approximate surface area is 59.5 Å². The van der Waals surface area contributed by atoms with Gasteiger partial charge in [0.05, 0.1) is 4.91 Å². The van der Waals surface area contributed by atoms with E-state index in [1.54, 1.807) is 0 Å². The standard InChI is InChI=1S/C6H11NOS/c1-3-4-5(9-2)6(7)8/h4H,3H2,1-2H3,(H2,7,8)/b5-4+. The molecule has 0 aliphatic heterocycles. The number of allylic oxidation sites excluding steroid dienone is 1. The zero-order chi connectivity index (χ0) is 7.28. The first-order valence-electron chi connectivity index (χ1n) is 2.76. The van der Waals surface area contributed by atoms with Crippen molar-refractivity contribution in [1.29, 1.82) is 0 Å². The van der Waals surface area contributed by atoms with Crippen molar-refractivity contribution in [2.24, 2.45) is 5.73 Å².